The SMILES string of the molecule is CNC(C)c1csc(NS(=O)(=O)N2CCCCC2)n1. The molecule has 0 spiro atoms. The quantitative estimate of drug-likeness (QED) is 0.866. The van der Waals surface area contributed by atoms with Crippen LogP contribution in [0.15, 0.2) is 5.38 Å². The molecule has 1 aliphatic rings. The van der Waals surface area contributed by atoms with Crippen molar-refractivity contribution in [3.63, 3.8) is 0 Å². The minimum absolute atomic E-state index is 0.115. The molecule has 108 valence electrons. The zero-order valence-electron chi connectivity index (χ0n) is 11.2. The first-order valence-electron chi connectivity index (χ1n) is 6.43. The molecular formula is C11H20N4O2S2. The van der Waals surface area contributed by atoms with Gasteiger partial charge in [0.25, 0.3) is 0 Å². The molecule has 0 bridgehead atoms. The third-order valence-corrected chi connectivity index (χ3v) is 5.67. The van der Waals surface area contributed by atoms with Crippen molar-refractivity contribution in [2.75, 3.05) is 24.9 Å². The van der Waals surface area contributed by atoms with Crippen molar-refractivity contribution in [1.82, 2.24) is 14.6 Å². The predicted octanol–water partition coefficient (Wildman–Crippen LogP) is 1.57. The Labute approximate surface area is 118 Å². The number of aromatic nitrogens is 1. The normalized spacial score (nSPS) is 19.3. The molecule has 8 heteroatoms. The van der Waals surface area contributed by atoms with Crippen LogP contribution in [-0.2, 0) is 10.2 Å². The molecule has 0 amide bonds. The van der Waals surface area contributed by atoms with Crippen molar-refractivity contribution in [2.45, 2.75) is 32.2 Å². The van der Waals surface area contributed by atoms with Gasteiger partial charge in [0.05, 0.1) is 5.69 Å². The van der Waals surface area contributed by atoms with Gasteiger partial charge in [-0.25, -0.2) is 9.71 Å². The van der Waals surface area contributed by atoms with Crippen LogP contribution < -0.4 is 10.0 Å². The van der Waals surface area contributed by atoms with E-state index in [1.807, 2.05) is 19.4 Å². The molecule has 1 atom stereocenters. The van der Waals surface area contributed by atoms with Gasteiger partial charge in [-0.15, -0.1) is 11.3 Å². The zero-order chi connectivity index (χ0) is 13.9. The zero-order valence-corrected chi connectivity index (χ0v) is 12.9. The largest absolute Gasteiger partial charge is 0.312 e. The molecule has 0 aromatic carbocycles. The summed E-state index contributed by atoms with van der Waals surface area (Å²) in [7, 11) is -1.60. The monoisotopic (exact) mass is 304 g/mol. The molecule has 1 aromatic rings. The molecule has 1 fully saturated rings. The third kappa shape index (κ3) is 3.65. The minimum atomic E-state index is -3.44. The third-order valence-electron chi connectivity index (χ3n) is 3.27. The summed E-state index contributed by atoms with van der Waals surface area (Å²) in [6, 6.07) is 0.115. The second kappa shape index (κ2) is 6.17. The molecule has 0 radical (unpaired) electrons. The highest BCUT2D eigenvalue weighted by Crippen LogP contribution is 2.22. The first-order valence-corrected chi connectivity index (χ1v) is 8.75. The van der Waals surface area contributed by atoms with Gasteiger partial charge in [0.15, 0.2) is 5.13 Å². The van der Waals surface area contributed by atoms with E-state index < -0.39 is 10.2 Å². The fourth-order valence-corrected chi connectivity index (χ4v) is 4.25. The number of thiazole rings is 1. The van der Waals surface area contributed by atoms with Crippen LogP contribution in [0.3, 0.4) is 0 Å². The second-order valence-electron chi connectivity index (χ2n) is 4.65. The summed E-state index contributed by atoms with van der Waals surface area (Å²) in [6.07, 6.45) is 2.97. The number of rotatable bonds is 5. The summed E-state index contributed by atoms with van der Waals surface area (Å²) in [5.74, 6) is 0. The molecule has 1 aliphatic heterocycles. The highest BCUT2D eigenvalue weighted by atomic mass is 32.2. The van der Waals surface area contributed by atoms with Crippen molar-refractivity contribution in [2.24, 2.45) is 0 Å². The van der Waals surface area contributed by atoms with E-state index in [9.17, 15) is 8.42 Å². The van der Waals surface area contributed by atoms with E-state index in [4.69, 9.17) is 0 Å². The van der Waals surface area contributed by atoms with Crippen LogP contribution in [0.1, 0.15) is 37.9 Å². The first-order chi connectivity index (χ1) is 9.03. The lowest BCUT2D eigenvalue weighted by Crippen LogP contribution is -2.39. The van der Waals surface area contributed by atoms with Gasteiger partial charge >= 0.3 is 10.2 Å². The Bertz CT molecular complexity index is 509. The van der Waals surface area contributed by atoms with Crippen LogP contribution in [0, 0.1) is 0 Å². The van der Waals surface area contributed by atoms with Crippen molar-refractivity contribution >= 4 is 26.7 Å². The van der Waals surface area contributed by atoms with Gasteiger partial charge in [0.2, 0.25) is 0 Å². The first kappa shape index (κ1) is 14.7. The molecule has 2 N–H and O–H groups in total. The maximum atomic E-state index is 12.2. The van der Waals surface area contributed by atoms with Crippen molar-refractivity contribution < 1.29 is 8.42 Å². The van der Waals surface area contributed by atoms with Gasteiger partial charge in [0, 0.05) is 24.5 Å². The van der Waals surface area contributed by atoms with Gasteiger partial charge in [-0.3, -0.25) is 0 Å². The number of hydrogen-bond acceptors (Lipinski definition) is 5. The summed E-state index contributed by atoms with van der Waals surface area (Å²) in [5.41, 5.74) is 0.851. The highest BCUT2D eigenvalue weighted by molar-refractivity contribution is 7.90. The van der Waals surface area contributed by atoms with E-state index in [1.54, 1.807) is 0 Å². The molecule has 1 unspecified atom stereocenters. The molecule has 1 saturated heterocycles. The van der Waals surface area contributed by atoms with E-state index in [0.29, 0.717) is 18.2 Å². The lowest BCUT2D eigenvalue weighted by molar-refractivity contribution is 0.349. The Hall–Kier alpha value is -0.700. The summed E-state index contributed by atoms with van der Waals surface area (Å²) in [4.78, 5) is 4.30. The van der Waals surface area contributed by atoms with Crippen molar-refractivity contribution in [3.8, 4) is 0 Å². The number of anilines is 1. The maximum Gasteiger partial charge on any atom is 0.303 e. The van der Waals surface area contributed by atoms with Gasteiger partial charge in [-0.2, -0.15) is 12.7 Å². The number of piperidine rings is 1. The smallest absolute Gasteiger partial charge is 0.303 e. The topological polar surface area (TPSA) is 74.3 Å². The Kier molecular flexibility index (Phi) is 4.77. The Morgan fingerprint density at radius 1 is 1.37 bits per heavy atom. The van der Waals surface area contributed by atoms with Crippen LogP contribution in [0.5, 0.6) is 0 Å². The molecular weight excluding hydrogens is 284 g/mol. The van der Waals surface area contributed by atoms with Crippen LogP contribution >= 0.6 is 11.3 Å². The van der Waals surface area contributed by atoms with E-state index in [1.165, 1.54) is 15.6 Å². The molecule has 0 aliphatic carbocycles. The van der Waals surface area contributed by atoms with E-state index in [0.717, 1.165) is 25.0 Å². The van der Waals surface area contributed by atoms with Crippen LogP contribution in [0.2, 0.25) is 0 Å². The van der Waals surface area contributed by atoms with E-state index >= 15 is 0 Å². The average Bonchev–Trinajstić information content (AvgIpc) is 2.86. The predicted molar refractivity (Wildman–Crippen MR) is 77.6 cm³/mol. The molecule has 0 saturated carbocycles. The van der Waals surface area contributed by atoms with Crippen LogP contribution in [0.4, 0.5) is 5.13 Å². The molecule has 19 heavy (non-hydrogen) atoms. The van der Waals surface area contributed by atoms with E-state index in [-0.39, 0.29) is 6.04 Å². The Morgan fingerprint density at radius 2 is 2.05 bits per heavy atom. The Balaban J connectivity index is 2.05. The van der Waals surface area contributed by atoms with Gasteiger partial charge in [-0.1, -0.05) is 6.42 Å². The fraction of sp³-hybridized carbons (Fsp3) is 0.727. The molecule has 1 aromatic heterocycles. The minimum Gasteiger partial charge on any atom is -0.312 e. The van der Waals surface area contributed by atoms with E-state index in [2.05, 4.69) is 15.0 Å². The van der Waals surface area contributed by atoms with Crippen molar-refractivity contribution in [3.05, 3.63) is 11.1 Å². The van der Waals surface area contributed by atoms with Crippen LogP contribution in [-0.4, -0.2) is 37.8 Å². The number of nitrogens with zero attached hydrogens (tertiary/aromatic N) is 2. The summed E-state index contributed by atoms with van der Waals surface area (Å²) >= 11 is 1.32. The summed E-state index contributed by atoms with van der Waals surface area (Å²) < 4.78 is 28.4. The molecule has 2 rings (SSSR count). The second-order valence-corrected chi connectivity index (χ2v) is 7.18. The molecule has 2 heterocycles. The average molecular weight is 304 g/mol. The number of nitrogens with one attached hydrogen (secondary N) is 2. The van der Waals surface area contributed by atoms with Gasteiger partial charge in [0.1, 0.15) is 0 Å². The number of hydrogen-bond donors (Lipinski definition) is 2. The maximum absolute atomic E-state index is 12.2. The highest BCUT2D eigenvalue weighted by Gasteiger charge is 2.24. The van der Waals surface area contributed by atoms with Crippen LogP contribution in [0.25, 0.3) is 0 Å². The Morgan fingerprint density at radius 3 is 2.68 bits per heavy atom. The van der Waals surface area contributed by atoms with Gasteiger partial charge in [-0.05, 0) is 26.8 Å². The lowest BCUT2D eigenvalue weighted by Gasteiger charge is -2.25. The van der Waals surface area contributed by atoms with Crippen molar-refractivity contribution in [1.29, 1.82) is 0 Å². The standard InChI is InChI=1S/C11H20N4O2S2/c1-9(12-2)10-8-18-11(13-10)14-19(16,17)15-6-4-3-5-7-15/h8-9,12H,3-7H2,1-2H3,(H,13,14). The lowest BCUT2D eigenvalue weighted by atomic mass is 10.2. The van der Waals surface area contributed by atoms with Gasteiger partial charge < -0.3 is 5.32 Å². The summed E-state index contributed by atoms with van der Waals surface area (Å²) in [6.45, 7) is 3.18. The summed E-state index contributed by atoms with van der Waals surface area (Å²) in [5, 5.41) is 5.38. The fourth-order valence-electron chi connectivity index (χ4n) is 1.96. The molecule has 6 nitrogen and oxygen atoms in total.